The zero-order valence-corrected chi connectivity index (χ0v) is 15.6. The van der Waals surface area contributed by atoms with Gasteiger partial charge in [-0.25, -0.2) is 5.10 Å². The summed E-state index contributed by atoms with van der Waals surface area (Å²) in [4.78, 5) is 4.06. The van der Waals surface area contributed by atoms with Crippen molar-refractivity contribution in [1.82, 2.24) is 19.9 Å². The molecule has 0 aliphatic rings. The third kappa shape index (κ3) is 2.80. The lowest BCUT2D eigenvalue weighted by molar-refractivity contribution is 0.871. The van der Waals surface area contributed by atoms with Crippen LogP contribution in [0.25, 0.3) is 32.9 Å². The van der Waals surface area contributed by atoms with Crippen molar-refractivity contribution >= 4 is 40.0 Å². The van der Waals surface area contributed by atoms with Gasteiger partial charge in [0.2, 0.25) is 4.77 Å². The van der Waals surface area contributed by atoms with Crippen molar-refractivity contribution in [3.63, 3.8) is 0 Å². The fourth-order valence-corrected chi connectivity index (χ4v) is 3.57. The molecule has 0 saturated carbocycles. The van der Waals surface area contributed by atoms with E-state index in [0.29, 0.717) is 10.6 Å². The fourth-order valence-electron chi connectivity index (χ4n) is 3.39. The molecule has 3 aromatic carbocycles. The van der Waals surface area contributed by atoms with Gasteiger partial charge in [0, 0.05) is 23.5 Å². The molecule has 0 atom stereocenters. The van der Waals surface area contributed by atoms with E-state index in [0.717, 1.165) is 21.9 Å². The molecule has 0 fully saturated rings. The molecule has 5 aromatic rings. The molecule has 5 rings (SSSR count). The number of nitrogens with one attached hydrogen (secondary N) is 1. The smallest absolute Gasteiger partial charge is 0.216 e. The van der Waals surface area contributed by atoms with Gasteiger partial charge in [-0.3, -0.25) is 4.98 Å². The van der Waals surface area contributed by atoms with Crippen molar-refractivity contribution in [2.24, 2.45) is 5.10 Å². The average molecular weight is 381 g/mol. The highest BCUT2D eigenvalue weighted by Crippen LogP contribution is 2.27. The van der Waals surface area contributed by atoms with E-state index in [2.05, 4.69) is 50.6 Å². The second-order valence-electron chi connectivity index (χ2n) is 6.38. The molecule has 0 aliphatic heterocycles. The van der Waals surface area contributed by atoms with Crippen molar-refractivity contribution in [3.8, 4) is 11.4 Å². The molecule has 0 amide bonds. The number of H-pyrrole nitrogens is 1. The Labute approximate surface area is 166 Å². The predicted molar refractivity (Wildman–Crippen MR) is 115 cm³/mol. The summed E-state index contributed by atoms with van der Waals surface area (Å²) in [6.45, 7) is 0. The minimum atomic E-state index is 0.438. The van der Waals surface area contributed by atoms with Gasteiger partial charge in [-0.05, 0) is 52.0 Å². The van der Waals surface area contributed by atoms with Crippen molar-refractivity contribution < 1.29 is 0 Å². The maximum Gasteiger partial charge on any atom is 0.216 e. The Hall–Kier alpha value is -3.64. The van der Waals surface area contributed by atoms with Crippen LogP contribution in [0.3, 0.4) is 0 Å². The second-order valence-corrected chi connectivity index (χ2v) is 6.76. The number of pyridine rings is 1. The number of hydrogen-bond donors (Lipinski definition) is 1. The quantitative estimate of drug-likeness (QED) is 0.266. The summed E-state index contributed by atoms with van der Waals surface area (Å²) in [5, 5.41) is 16.5. The van der Waals surface area contributed by atoms with Gasteiger partial charge in [0.25, 0.3) is 0 Å². The van der Waals surface area contributed by atoms with E-state index in [4.69, 9.17) is 12.2 Å². The van der Waals surface area contributed by atoms with Crippen LogP contribution in [0, 0.1) is 4.77 Å². The van der Waals surface area contributed by atoms with Gasteiger partial charge in [0.1, 0.15) is 0 Å². The highest BCUT2D eigenvalue weighted by molar-refractivity contribution is 7.71. The summed E-state index contributed by atoms with van der Waals surface area (Å²) >= 11 is 5.40. The number of aromatic amines is 1. The number of aromatic nitrogens is 4. The normalized spacial score (nSPS) is 11.6. The van der Waals surface area contributed by atoms with Crippen LogP contribution in [0.15, 0.2) is 84.2 Å². The molecule has 0 aliphatic carbocycles. The van der Waals surface area contributed by atoms with Gasteiger partial charge >= 0.3 is 0 Å². The van der Waals surface area contributed by atoms with E-state index >= 15 is 0 Å². The molecule has 5 nitrogen and oxygen atoms in total. The molecule has 0 bridgehead atoms. The van der Waals surface area contributed by atoms with Gasteiger partial charge in [-0.2, -0.15) is 14.9 Å². The molecule has 0 saturated heterocycles. The maximum atomic E-state index is 5.40. The summed E-state index contributed by atoms with van der Waals surface area (Å²) in [5.41, 5.74) is 1.94. The molecule has 1 N–H and O–H groups in total. The lowest BCUT2D eigenvalue weighted by Crippen LogP contribution is -1.96. The first kappa shape index (κ1) is 16.5. The van der Waals surface area contributed by atoms with E-state index in [1.54, 1.807) is 17.1 Å². The highest BCUT2D eigenvalue weighted by atomic mass is 32.1. The molecule has 134 valence electrons. The average Bonchev–Trinajstić information content (AvgIpc) is 3.12. The molecule has 2 heterocycles. The zero-order valence-electron chi connectivity index (χ0n) is 14.8. The lowest BCUT2D eigenvalue weighted by Gasteiger charge is -2.08. The van der Waals surface area contributed by atoms with E-state index in [1.165, 1.54) is 10.8 Å². The predicted octanol–water partition coefficient (Wildman–Crippen LogP) is 5.19. The second kappa shape index (κ2) is 6.83. The first-order chi connectivity index (χ1) is 13.8. The maximum absolute atomic E-state index is 5.40. The number of benzene rings is 3. The minimum Gasteiger partial charge on any atom is -0.265 e. The third-order valence-corrected chi connectivity index (χ3v) is 4.97. The molecule has 6 heteroatoms. The Morgan fingerprint density at radius 2 is 1.54 bits per heavy atom. The summed E-state index contributed by atoms with van der Waals surface area (Å²) in [5.74, 6) is 0.646. The first-order valence-electron chi connectivity index (χ1n) is 8.84. The SMILES string of the molecule is S=c1[nH]nc(-c2ccncc2)n1/N=C/c1c2ccccc2cc2ccccc12. The summed E-state index contributed by atoms with van der Waals surface area (Å²) in [6.07, 6.45) is 5.30. The van der Waals surface area contributed by atoms with Crippen LogP contribution in [-0.4, -0.2) is 26.1 Å². The Bertz CT molecular complexity index is 1330. The number of nitrogens with zero attached hydrogens (tertiary/aromatic N) is 4. The molecule has 2 aromatic heterocycles. The fraction of sp³-hybridized carbons (Fsp3) is 0. The van der Waals surface area contributed by atoms with Crippen molar-refractivity contribution in [2.45, 2.75) is 0 Å². The Kier molecular flexibility index (Phi) is 4.03. The monoisotopic (exact) mass is 381 g/mol. The Morgan fingerprint density at radius 1 is 0.893 bits per heavy atom. The van der Waals surface area contributed by atoms with Gasteiger partial charge < -0.3 is 0 Å². The van der Waals surface area contributed by atoms with Crippen molar-refractivity contribution in [3.05, 3.63) is 89.5 Å². The van der Waals surface area contributed by atoms with Gasteiger partial charge in [-0.1, -0.05) is 48.5 Å². The van der Waals surface area contributed by atoms with Crippen LogP contribution in [0.1, 0.15) is 5.56 Å². The van der Waals surface area contributed by atoms with Crippen molar-refractivity contribution in [2.75, 3.05) is 0 Å². The van der Waals surface area contributed by atoms with Gasteiger partial charge in [-0.15, -0.1) is 0 Å². The van der Waals surface area contributed by atoms with Crippen LogP contribution in [0.5, 0.6) is 0 Å². The summed E-state index contributed by atoms with van der Waals surface area (Å²) < 4.78 is 2.08. The molecular weight excluding hydrogens is 366 g/mol. The van der Waals surface area contributed by atoms with E-state index in [9.17, 15) is 0 Å². The third-order valence-electron chi connectivity index (χ3n) is 4.70. The molecular formula is C22H15N5S. The largest absolute Gasteiger partial charge is 0.265 e. The lowest BCUT2D eigenvalue weighted by atomic mass is 9.97. The van der Waals surface area contributed by atoms with Gasteiger partial charge in [0.15, 0.2) is 5.82 Å². The van der Waals surface area contributed by atoms with Crippen LogP contribution in [0.4, 0.5) is 0 Å². The van der Waals surface area contributed by atoms with Crippen LogP contribution < -0.4 is 0 Å². The molecule has 28 heavy (non-hydrogen) atoms. The Balaban J connectivity index is 1.72. The van der Waals surface area contributed by atoms with Crippen molar-refractivity contribution in [1.29, 1.82) is 0 Å². The highest BCUT2D eigenvalue weighted by Gasteiger charge is 2.09. The number of rotatable bonds is 3. The van der Waals surface area contributed by atoms with E-state index < -0.39 is 0 Å². The summed E-state index contributed by atoms with van der Waals surface area (Å²) in [6, 6.07) is 22.6. The van der Waals surface area contributed by atoms with E-state index in [-0.39, 0.29) is 0 Å². The first-order valence-corrected chi connectivity index (χ1v) is 9.25. The number of hydrogen-bond acceptors (Lipinski definition) is 4. The van der Waals surface area contributed by atoms with Crippen LogP contribution in [-0.2, 0) is 0 Å². The zero-order chi connectivity index (χ0) is 18.9. The topological polar surface area (TPSA) is 58.9 Å². The number of fused-ring (bicyclic) bond motifs is 2. The molecule has 0 unspecified atom stereocenters. The molecule has 0 radical (unpaired) electrons. The standard InChI is InChI=1S/C22H15N5S/c28-22-26-25-21(15-9-11-23-12-10-15)27(22)24-14-20-18-7-3-1-5-16(18)13-17-6-2-4-8-19(17)20/h1-14H,(H,26,28)/b24-14+. The van der Waals surface area contributed by atoms with E-state index in [1.807, 2.05) is 42.6 Å². The van der Waals surface area contributed by atoms with Crippen LogP contribution in [0.2, 0.25) is 0 Å². The summed E-state index contributed by atoms with van der Waals surface area (Å²) in [7, 11) is 0. The van der Waals surface area contributed by atoms with Gasteiger partial charge in [0.05, 0.1) is 6.21 Å². The minimum absolute atomic E-state index is 0.438. The Morgan fingerprint density at radius 3 is 2.21 bits per heavy atom. The molecule has 0 spiro atoms. The van der Waals surface area contributed by atoms with Crippen LogP contribution >= 0.6 is 12.2 Å².